The van der Waals surface area contributed by atoms with Crippen LogP contribution in [0.4, 0.5) is 4.39 Å². The Bertz CT molecular complexity index is 2050. The SMILES string of the molecule is COc1cc(/C=C/C(=O)N2CCN(Cc3ccc(CCOc4ccc(F)cc4)cc3)CC2)cc(OC)c1Oc1ccc(OCc2ccccc2C#N)cn1. The first kappa shape index (κ1) is 37.4. The van der Waals surface area contributed by atoms with Gasteiger partial charge in [0.1, 0.15) is 23.9 Å². The van der Waals surface area contributed by atoms with Gasteiger partial charge in [0, 0.05) is 56.9 Å². The number of amides is 1. The lowest BCUT2D eigenvalue weighted by molar-refractivity contribution is -0.127. The van der Waals surface area contributed by atoms with Gasteiger partial charge in [0.2, 0.25) is 17.5 Å². The molecule has 0 unspecified atom stereocenters. The molecule has 1 aliphatic rings. The average molecular weight is 729 g/mol. The van der Waals surface area contributed by atoms with Gasteiger partial charge in [0.15, 0.2) is 11.5 Å². The maximum Gasteiger partial charge on any atom is 0.246 e. The van der Waals surface area contributed by atoms with E-state index in [1.165, 1.54) is 37.5 Å². The molecule has 0 bridgehead atoms. The normalized spacial score (nSPS) is 13.0. The van der Waals surface area contributed by atoms with E-state index in [-0.39, 0.29) is 18.3 Å². The van der Waals surface area contributed by atoms with Crippen LogP contribution >= 0.6 is 0 Å². The molecular weight excluding hydrogens is 687 g/mol. The molecule has 4 aromatic carbocycles. The molecule has 0 aliphatic carbocycles. The molecule has 10 nitrogen and oxygen atoms in total. The number of nitrogens with zero attached hydrogens (tertiary/aromatic N) is 4. The van der Waals surface area contributed by atoms with E-state index in [0.29, 0.717) is 65.5 Å². The summed E-state index contributed by atoms with van der Waals surface area (Å²) in [4.78, 5) is 21.7. The van der Waals surface area contributed by atoms with Crippen LogP contribution in [0.15, 0.2) is 109 Å². The fourth-order valence-corrected chi connectivity index (χ4v) is 5.92. The van der Waals surface area contributed by atoms with E-state index in [1.54, 1.807) is 60.8 Å². The van der Waals surface area contributed by atoms with Crippen molar-refractivity contribution in [3.8, 4) is 40.7 Å². The zero-order chi connectivity index (χ0) is 37.7. The zero-order valence-corrected chi connectivity index (χ0v) is 30.2. The number of benzene rings is 4. The van der Waals surface area contributed by atoms with E-state index >= 15 is 0 Å². The second kappa shape index (κ2) is 18.4. The quantitative estimate of drug-likeness (QED) is 0.102. The first-order chi connectivity index (χ1) is 26.4. The first-order valence-corrected chi connectivity index (χ1v) is 17.6. The maximum atomic E-state index is 13.1. The summed E-state index contributed by atoms with van der Waals surface area (Å²) in [5, 5.41) is 9.31. The van der Waals surface area contributed by atoms with Crippen LogP contribution in [0.1, 0.15) is 27.8 Å². The van der Waals surface area contributed by atoms with Crippen molar-refractivity contribution >= 4 is 12.0 Å². The van der Waals surface area contributed by atoms with Crippen LogP contribution in [0.5, 0.6) is 34.6 Å². The second-order valence-corrected chi connectivity index (χ2v) is 12.6. The van der Waals surface area contributed by atoms with Gasteiger partial charge >= 0.3 is 0 Å². The molecule has 0 spiro atoms. The van der Waals surface area contributed by atoms with Crippen molar-refractivity contribution in [1.29, 1.82) is 5.26 Å². The fraction of sp³-hybridized carbons (Fsp3) is 0.233. The summed E-state index contributed by atoms with van der Waals surface area (Å²) in [6, 6.07) is 30.9. The number of aromatic nitrogens is 1. The number of rotatable bonds is 15. The minimum absolute atomic E-state index is 0.0669. The van der Waals surface area contributed by atoms with Crippen LogP contribution in [0.2, 0.25) is 0 Å². The fourth-order valence-electron chi connectivity index (χ4n) is 5.92. The number of carbonyl (C=O) groups excluding carboxylic acids is 1. The number of methoxy groups -OCH3 is 2. The van der Waals surface area contributed by atoms with Crippen molar-refractivity contribution in [2.75, 3.05) is 47.0 Å². The Kier molecular flexibility index (Phi) is 12.7. The summed E-state index contributed by atoms with van der Waals surface area (Å²) in [5.41, 5.74) is 4.44. The Labute approximate surface area is 314 Å². The number of ether oxygens (including phenoxy) is 5. The van der Waals surface area contributed by atoms with E-state index in [1.807, 2.05) is 23.1 Å². The van der Waals surface area contributed by atoms with E-state index in [2.05, 4.69) is 40.2 Å². The Morgan fingerprint density at radius 1 is 0.852 bits per heavy atom. The van der Waals surface area contributed by atoms with E-state index in [9.17, 15) is 14.4 Å². The molecule has 2 heterocycles. The predicted octanol–water partition coefficient (Wildman–Crippen LogP) is 7.46. The zero-order valence-electron chi connectivity index (χ0n) is 30.2. The van der Waals surface area contributed by atoms with Crippen molar-refractivity contribution in [1.82, 2.24) is 14.8 Å². The van der Waals surface area contributed by atoms with Crippen LogP contribution in [0.3, 0.4) is 0 Å². The Balaban J connectivity index is 0.974. The smallest absolute Gasteiger partial charge is 0.246 e. The molecule has 1 fully saturated rings. The lowest BCUT2D eigenvalue weighted by Gasteiger charge is -2.34. The molecule has 0 saturated carbocycles. The molecule has 6 rings (SSSR count). The summed E-state index contributed by atoms with van der Waals surface area (Å²) in [6.07, 6.45) is 5.61. The number of hydrogen-bond acceptors (Lipinski definition) is 9. The van der Waals surface area contributed by atoms with Gasteiger partial charge in [-0.2, -0.15) is 5.26 Å². The third-order valence-corrected chi connectivity index (χ3v) is 8.94. The predicted molar refractivity (Wildman–Crippen MR) is 202 cm³/mol. The van der Waals surface area contributed by atoms with Crippen molar-refractivity contribution in [2.45, 2.75) is 19.6 Å². The molecule has 1 saturated heterocycles. The number of halogens is 1. The third-order valence-electron chi connectivity index (χ3n) is 8.94. The molecule has 276 valence electrons. The molecule has 11 heteroatoms. The van der Waals surface area contributed by atoms with Gasteiger partial charge in [-0.05, 0) is 71.3 Å². The van der Waals surface area contributed by atoms with Crippen LogP contribution < -0.4 is 23.7 Å². The first-order valence-electron chi connectivity index (χ1n) is 17.6. The van der Waals surface area contributed by atoms with Gasteiger partial charge in [0.25, 0.3) is 0 Å². The minimum atomic E-state index is -0.279. The Hall–Kier alpha value is -6.38. The molecule has 0 N–H and O–H groups in total. The largest absolute Gasteiger partial charge is 0.493 e. The highest BCUT2D eigenvalue weighted by Gasteiger charge is 2.20. The molecule has 1 aromatic heterocycles. The molecule has 0 radical (unpaired) electrons. The number of pyridine rings is 1. The number of piperazine rings is 1. The lowest BCUT2D eigenvalue weighted by Crippen LogP contribution is -2.47. The van der Waals surface area contributed by atoms with Crippen molar-refractivity contribution in [3.63, 3.8) is 0 Å². The van der Waals surface area contributed by atoms with Crippen molar-refractivity contribution in [3.05, 3.63) is 143 Å². The van der Waals surface area contributed by atoms with Crippen LogP contribution in [0.25, 0.3) is 6.08 Å². The summed E-state index contributed by atoms with van der Waals surface area (Å²) < 4.78 is 41.9. The summed E-state index contributed by atoms with van der Waals surface area (Å²) in [7, 11) is 3.06. The third kappa shape index (κ3) is 10.1. The topological polar surface area (TPSA) is 106 Å². The highest BCUT2D eigenvalue weighted by atomic mass is 19.1. The monoisotopic (exact) mass is 728 g/mol. The summed E-state index contributed by atoms with van der Waals surface area (Å²) >= 11 is 0. The molecule has 1 aliphatic heterocycles. The van der Waals surface area contributed by atoms with Gasteiger partial charge < -0.3 is 28.6 Å². The highest BCUT2D eigenvalue weighted by molar-refractivity contribution is 5.92. The van der Waals surface area contributed by atoms with Crippen LogP contribution in [0, 0.1) is 17.1 Å². The van der Waals surface area contributed by atoms with Gasteiger partial charge in [-0.3, -0.25) is 9.69 Å². The van der Waals surface area contributed by atoms with Crippen LogP contribution in [-0.4, -0.2) is 67.7 Å². The van der Waals surface area contributed by atoms with E-state index in [4.69, 9.17) is 23.7 Å². The second-order valence-electron chi connectivity index (χ2n) is 12.6. The van der Waals surface area contributed by atoms with Crippen molar-refractivity contribution in [2.24, 2.45) is 0 Å². The summed E-state index contributed by atoms with van der Waals surface area (Å²) in [6.45, 7) is 4.37. The number of hydrogen-bond donors (Lipinski definition) is 0. The number of nitriles is 1. The van der Waals surface area contributed by atoms with Crippen molar-refractivity contribution < 1.29 is 32.9 Å². The van der Waals surface area contributed by atoms with Gasteiger partial charge in [0.05, 0.1) is 38.7 Å². The molecular formula is C43H41FN4O6. The standard InChI is InChI=1S/C43H41FN4O6/c1-50-39-25-33(26-40(51-2)43(39)54-41-17-16-38(28-46-41)53-30-35-6-4-3-5-34(35)27-45)11-18-42(49)48-22-20-47(21-23-48)29-32-9-7-31(8-10-32)19-24-52-37-14-12-36(44)13-15-37/h3-18,25-26,28H,19-24,29-30H2,1-2H3/b18-11+. The van der Waals surface area contributed by atoms with E-state index in [0.717, 1.165) is 31.6 Å². The Morgan fingerprint density at radius 3 is 2.20 bits per heavy atom. The van der Waals surface area contributed by atoms with Gasteiger partial charge in [-0.1, -0.05) is 42.5 Å². The molecule has 0 atom stereocenters. The van der Waals surface area contributed by atoms with Gasteiger partial charge in [-0.25, -0.2) is 9.37 Å². The maximum absolute atomic E-state index is 13.1. The Morgan fingerprint density at radius 2 is 1.54 bits per heavy atom. The molecule has 5 aromatic rings. The molecule has 54 heavy (non-hydrogen) atoms. The molecule has 1 amide bonds. The average Bonchev–Trinajstić information content (AvgIpc) is 3.21. The number of carbonyl (C=O) groups is 1. The summed E-state index contributed by atoms with van der Waals surface area (Å²) in [5.74, 6) is 2.30. The van der Waals surface area contributed by atoms with Crippen LogP contribution in [-0.2, 0) is 24.4 Å². The lowest BCUT2D eigenvalue weighted by atomic mass is 10.1. The minimum Gasteiger partial charge on any atom is -0.493 e. The van der Waals surface area contributed by atoms with Gasteiger partial charge in [-0.15, -0.1) is 0 Å². The highest BCUT2D eigenvalue weighted by Crippen LogP contribution is 2.41. The van der Waals surface area contributed by atoms with E-state index < -0.39 is 0 Å².